The second-order valence-electron chi connectivity index (χ2n) is 4.78. The lowest BCUT2D eigenvalue weighted by atomic mass is 10.1. The highest BCUT2D eigenvalue weighted by atomic mass is 16.5. The number of carbonyl (C=O) groups is 1. The minimum atomic E-state index is -0.391. The summed E-state index contributed by atoms with van der Waals surface area (Å²) in [6.45, 7) is 5.00. The smallest absolute Gasteiger partial charge is 0.357 e. The quantitative estimate of drug-likeness (QED) is 0.744. The van der Waals surface area contributed by atoms with Crippen LogP contribution in [0.1, 0.15) is 29.3 Å². The van der Waals surface area contributed by atoms with Crippen molar-refractivity contribution in [3.63, 3.8) is 0 Å². The van der Waals surface area contributed by atoms with Gasteiger partial charge in [-0.25, -0.2) is 14.8 Å². The van der Waals surface area contributed by atoms with Crippen LogP contribution in [0.4, 0.5) is 0 Å². The monoisotopic (exact) mass is 264 g/mol. The number of nitrogens with zero attached hydrogens (tertiary/aromatic N) is 4. The average molecular weight is 264 g/mol. The number of carbonyl (C=O) groups excluding carboxylic acids is 1. The molecule has 0 aromatic carbocycles. The van der Waals surface area contributed by atoms with Crippen LogP contribution in [0.25, 0.3) is 0 Å². The number of piperazine rings is 1. The molecular formula is C13H20N4O2. The second kappa shape index (κ2) is 6.08. The fraction of sp³-hybridized carbons (Fsp3) is 0.615. The summed E-state index contributed by atoms with van der Waals surface area (Å²) in [5.41, 5.74) is 0.327. The minimum Gasteiger partial charge on any atom is -0.461 e. The third-order valence-corrected chi connectivity index (χ3v) is 3.31. The number of aromatic nitrogens is 2. The Morgan fingerprint density at radius 2 is 2.26 bits per heavy atom. The summed E-state index contributed by atoms with van der Waals surface area (Å²) in [6.07, 6.45) is 1.62. The molecule has 0 saturated carbocycles. The Hall–Kier alpha value is -1.53. The van der Waals surface area contributed by atoms with Crippen LogP contribution >= 0.6 is 0 Å². The summed E-state index contributed by atoms with van der Waals surface area (Å²) >= 11 is 0. The van der Waals surface area contributed by atoms with E-state index in [0.29, 0.717) is 18.1 Å². The van der Waals surface area contributed by atoms with Gasteiger partial charge < -0.3 is 9.64 Å². The molecule has 0 N–H and O–H groups in total. The van der Waals surface area contributed by atoms with Crippen molar-refractivity contribution >= 4 is 5.97 Å². The molecule has 1 saturated heterocycles. The zero-order chi connectivity index (χ0) is 13.8. The highest BCUT2D eigenvalue weighted by molar-refractivity contribution is 5.87. The molecule has 2 rings (SSSR count). The Labute approximate surface area is 113 Å². The largest absolute Gasteiger partial charge is 0.461 e. The second-order valence-corrected chi connectivity index (χ2v) is 4.78. The molecule has 1 aliphatic rings. The van der Waals surface area contributed by atoms with Gasteiger partial charge in [0.05, 0.1) is 12.6 Å². The van der Waals surface area contributed by atoms with Crippen molar-refractivity contribution in [3.8, 4) is 0 Å². The first-order valence-electron chi connectivity index (χ1n) is 6.50. The van der Waals surface area contributed by atoms with E-state index < -0.39 is 5.97 Å². The number of esters is 1. The lowest BCUT2D eigenvalue weighted by Crippen LogP contribution is -2.45. The van der Waals surface area contributed by atoms with Crippen molar-refractivity contribution in [2.24, 2.45) is 0 Å². The zero-order valence-corrected chi connectivity index (χ0v) is 11.7. The lowest BCUT2D eigenvalue weighted by Gasteiger charge is -2.36. The molecular weight excluding hydrogens is 244 g/mol. The van der Waals surface area contributed by atoms with Gasteiger partial charge in [0.15, 0.2) is 5.69 Å². The fourth-order valence-corrected chi connectivity index (χ4v) is 2.14. The van der Waals surface area contributed by atoms with Crippen molar-refractivity contribution in [3.05, 3.63) is 23.8 Å². The van der Waals surface area contributed by atoms with E-state index in [0.717, 1.165) is 19.6 Å². The van der Waals surface area contributed by atoms with E-state index in [2.05, 4.69) is 33.9 Å². The van der Waals surface area contributed by atoms with Gasteiger partial charge >= 0.3 is 5.97 Å². The topological polar surface area (TPSA) is 58.6 Å². The Morgan fingerprint density at radius 3 is 3.00 bits per heavy atom. The number of hydrogen-bond donors (Lipinski definition) is 0. The molecule has 1 unspecified atom stereocenters. The van der Waals surface area contributed by atoms with Crippen LogP contribution in [-0.2, 0) is 4.74 Å². The maximum Gasteiger partial charge on any atom is 0.357 e. The van der Waals surface area contributed by atoms with Crippen LogP contribution in [0.5, 0.6) is 0 Å². The number of hydrogen-bond acceptors (Lipinski definition) is 6. The highest BCUT2D eigenvalue weighted by Gasteiger charge is 2.26. The normalized spacial score (nSPS) is 21.3. The van der Waals surface area contributed by atoms with E-state index in [4.69, 9.17) is 4.74 Å². The third-order valence-electron chi connectivity index (χ3n) is 3.31. The minimum absolute atomic E-state index is 0.119. The molecule has 2 heterocycles. The molecule has 1 atom stereocenters. The summed E-state index contributed by atoms with van der Waals surface area (Å²) < 4.78 is 4.96. The molecule has 1 aromatic heterocycles. The van der Waals surface area contributed by atoms with Crippen LogP contribution in [0, 0.1) is 0 Å². The molecule has 0 bridgehead atoms. The van der Waals surface area contributed by atoms with Crippen molar-refractivity contribution in [1.82, 2.24) is 19.8 Å². The summed E-state index contributed by atoms with van der Waals surface area (Å²) in [5.74, 6) is 0.289. The third kappa shape index (κ3) is 3.27. The van der Waals surface area contributed by atoms with Crippen LogP contribution in [-0.4, -0.2) is 66.1 Å². The molecule has 0 amide bonds. The zero-order valence-electron chi connectivity index (χ0n) is 11.7. The van der Waals surface area contributed by atoms with E-state index in [1.807, 2.05) is 0 Å². The van der Waals surface area contributed by atoms with Gasteiger partial charge in [-0.1, -0.05) is 0 Å². The Kier molecular flexibility index (Phi) is 4.44. The molecule has 6 heteroatoms. The molecule has 1 aromatic rings. The van der Waals surface area contributed by atoms with Crippen LogP contribution in [0.15, 0.2) is 12.3 Å². The lowest BCUT2D eigenvalue weighted by molar-refractivity contribution is 0.0517. The summed E-state index contributed by atoms with van der Waals surface area (Å²) in [7, 11) is 4.13. The van der Waals surface area contributed by atoms with Crippen LogP contribution < -0.4 is 0 Å². The average Bonchev–Trinajstić information content (AvgIpc) is 2.42. The predicted molar refractivity (Wildman–Crippen MR) is 70.9 cm³/mol. The van der Waals surface area contributed by atoms with Gasteiger partial charge in [-0.2, -0.15) is 0 Å². The van der Waals surface area contributed by atoms with Crippen molar-refractivity contribution in [1.29, 1.82) is 0 Å². The Balaban J connectivity index is 2.20. The first-order chi connectivity index (χ1) is 9.11. The highest BCUT2D eigenvalue weighted by Crippen LogP contribution is 2.20. The van der Waals surface area contributed by atoms with Crippen molar-refractivity contribution in [2.45, 2.75) is 13.0 Å². The molecule has 1 fully saturated rings. The first-order valence-corrected chi connectivity index (χ1v) is 6.50. The molecule has 0 spiro atoms. The van der Waals surface area contributed by atoms with Gasteiger partial charge in [0, 0.05) is 25.8 Å². The van der Waals surface area contributed by atoms with Crippen LogP contribution in [0.3, 0.4) is 0 Å². The maximum atomic E-state index is 11.7. The molecule has 6 nitrogen and oxygen atoms in total. The van der Waals surface area contributed by atoms with Crippen LogP contribution in [0.2, 0.25) is 0 Å². The molecule has 0 aliphatic carbocycles. The number of ether oxygens (including phenoxy) is 1. The summed E-state index contributed by atoms with van der Waals surface area (Å²) in [6, 6.07) is 1.71. The first kappa shape index (κ1) is 13.9. The van der Waals surface area contributed by atoms with Gasteiger partial charge in [-0.05, 0) is 27.1 Å². The standard InChI is InChI=1S/C13H20N4O2/c1-4-19-13(18)10-5-6-14-12(15-10)11-9-16(2)7-8-17(11)3/h5-6,11H,4,7-9H2,1-3H3. The van der Waals surface area contributed by atoms with Gasteiger partial charge in [0.25, 0.3) is 0 Å². The van der Waals surface area contributed by atoms with E-state index in [9.17, 15) is 4.79 Å². The molecule has 19 heavy (non-hydrogen) atoms. The summed E-state index contributed by atoms with van der Waals surface area (Å²) in [5, 5.41) is 0. The fourth-order valence-electron chi connectivity index (χ4n) is 2.14. The van der Waals surface area contributed by atoms with Gasteiger partial charge in [-0.15, -0.1) is 0 Å². The van der Waals surface area contributed by atoms with Gasteiger partial charge in [0.1, 0.15) is 5.82 Å². The number of likely N-dealkylation sites (N-methyl/N-ethyl adjacent to an activating group) is 2. The maximum absolute atomic E-state index is 11.7. The van der Waals surface area contributed by atoms with Gasteiger partial charge in [-0.3, -0.25) is 4.90 Å². The van der Waals surface area contributed by atoms with Crippen molar-refractivity contribution in [2.75, 3.05) is 40.3 Å². The van der Waals surface area contributed by atoms with Crippen molar-refractivity contribution < 1.29 is 9.53 Å². The van der Waals surface area contributed by atoms with E-state index in [1.165, 1.54) is 0 Å². The van der Waals surface area contributed by atoms with E-state index >= 15 is 0 Å². The summed E-state index contributed by atoms with van der Waals surface area (Å²) in [4.78, 5) is 24.8. The Morgan fingerprint density at radius 1 is 1.47 bits per heavy atom. The van der Waals surface area contributed by atoms with Gasteiger partial charge in [0.2, 0.25) is 0 Å². The number of rotatable bonds is 3. The predicted octanol–water partition coefficient (Wildman–Crippen LogP) is 0.572. The molecule has 0 radical (unpaired) electrons. The molecule has 104 valence electrons. The van der Waals surface area contributed by atoms with E-state index in [-0.39, 0.29) is 6.04 Å². The molecule has 1 aliphatic heterocycles. The van der Waals surface area contributed by atoms with E-state index in [1.54, 1.807) is 19.2 Å². The Bertz CT molecular complexity index is 452. The SMILES string of the molecule is CCOC(=O)c1ccnc(C2CN(C)CCN2C)n1.